The second-order valence-electron chi connectivity index (χ2n) is 19.7. The summed E-state index contributed by atoms with van der Waals surface area (Å²) in [5, 5.41) is 23.4. The van der Waals surface area contributed by atoms with Crippen molar-refractivity contribution in [3.63, 3.8) is 0 Å². The van der Waals surface area contributed by atoms with Crippen LogP contribution in [0.2, 0.25) is 5.02 Å². The van der Waals surface area contributed by atoms with Gasteiger partial charge in [0.05, 0.1) is 102 Å². The number of hydrogen-bond donors (Lipinski definition) is 0. The SMILES string of the molecule is COC(c1ccc(OC(F)(F)F)cc1)c1c(F)cncc1-n1nccn1.FC(c1ccc(OC(F)(F)F)cc1)c1c(Cl)cncc1-n1nccn1.Fc1cncc(-c2ncco2)c1C(F)c1ccc(SC(F)(F)F)cc1.Fc1cncc(-n2nccn2)c1C(F)c1ccc(OC(F)(F)F)cc1. The van der Waals surface area contributed by atoms with Gasteiger partial charge in [-0.1, -0.05) is 60.1 Å². The molecular formula is C62H39ClF18N14O5S. The number of rotatable bonds is 17. The van der Waals surface area contributed by atoms with E-state index in [1.165, 1.54) is 129 Å². The summed E-state index contributed by atoms with van der Waals surface area (Å²) in [5.41, 5.74) is -4.07. The van der Waals surface area contributed by atoms with Crippen LogP contribution in [0.15, 0.2) is 206 Å². The Hall–Kier alpha value is -11.2. The van der Waals surface area contributed by atoms with Crippen LogP contribution in [0.25, 0.3) is 28.5 Å². The molecule has 39 heteroatoms. The highest BCUT2D eigenvalue weighted by Gasteiger charge is 2.35. The van der Waals surface area contributed by atoms with Gasteiger partial charge in [0.2, 0.25) is 5.89 Å². The number of aromatic nitrogens is 14. The fraction of sp³-hybridized carbons (Fsp3) is 0.145. The monoisotopic (exact) mass is 1470 g/mol. The third-order valence-corrected chi connectivity index (χ3v) is 14.2. The first-order valence-electron chi connectivity index (χ1n) is 27.9. The molecule has 0 spiro atoms. The highest BCUT2D eigenvalue weighted by atomic mass is 35.5. The summed E-state index contributed by atoms with van der Waals surface area (Å²) in [6.45, 7) is 0. The summed E-state index contributed by atoms with van der Waals surface area (Å²) in [4.78, 5) is 22.1. The van der Waals surface area contributed by atoms with Gasteiger partial charge < -0.3 is 23.4 Å². The Morgan fingerprint density at radius 3 is 1.16 bits per heavy atom. The van der Waals surface area contributed by atoms with Crippen molar-refractivity contribution in [3.05, 3.63) is 263 Å². The Labute approximate surface area is 564 Å². The summed E-state index contributed by atoms with van der Waals surface area (Å²) in [5.74, 6) is -3.85. The van der Waals surface area contributed by atoms with E-state index in [1.807, 2.05) is 0 Å². The lowest BCUT2D eigenvalue weighted by Gasteiger charge is -2.20. The molecule has 4 unspecified atom stereocenters. The van der Waals surface area contributed by atoms with Gasteiger partial charge in [0.15, 0.2) is 18.5 Å². The van der Waals surface area contributed by atoms with Gasteiger partial charge in [-0.15, -0.1) is 53.9 Å². The Bertz CT molecular complexity index is 4250. The molecule has 19 nitrogen and oxygen atoms in total. The Balaban J connectivity index is 0.000000157. The van der Waals surface area contributed by atoms with Crippen LogP contribution < -0.4 is 14.2 Å². The molecule has 0 saturated heterocycles. The molecule has 526 valence electrons. The number of alkyl halides is 15. The first-order chi connectivity index (χ1) is 47.9. The van der Waals surface area contributed by atoms with E-state index in [2.05, 4.69) is 69.7 Å². The zero-order valence-electron chi connectivity index (χ0n) is 50.2. The van der Waals surface area contributed by atoms with E-state index in [9.17, 15) is 74.6 Å². The lowest BCUT2D eigenvalue weighted by atomic mass is 9.99. The van der Waals surface area contributed by atoms with Crippen molar-refractivity contribution in [1.82, 2.24) is 69.9 Å². The number of pyridine rings is 4. The maximum Gasteiger partial charge on any atom is 0.573 e. The van der Waals surface area contributed by atoms with E-state index >= 15 is 4.39 Å². The normalized spacial score (nSPS) is 12.9. The van der Waals surface area contributed by atoms with Gasteiger partial charge in [0.1, 0.15) is 64.1 Å². The van der Waals surface area contributed by atoms with Crippen molar-refractivity contribution in [3.8, 4) is 45.8 Å². The molecule has 8 aromatic heterocycles. The predicted molar refractivity (Wildman–Crippen MR) is 318 cm³/mol. The zero-order valence-corrected chi connectivity index (χ0v) is 51.7. The molecule has 0 bridgehead atoms. The number of halogens is 19. The zero-order chi connectivity index (χ0) is 72.8. The first kappa shape index (κ1) is 74.1. The fourth-order valence-electron chi connectivity index (χ4n) is 9.07. The van der Waals surface area contributed by atoms with Gasteiger partial charge in [0.25, 0.3) is 0 Å². The molecular weight excluding hydrogens is 1430 g/mol. The summed E-state index contributed by atoms with van der Waals surface area (Å²) in [7, 11) is 1.35. The van der Waals surface area contributed by atoms with E-state index in [4.69, 9.17) is 20.8 Å². The van der Waals surface area contributed by atoms with Gasteiger partial charge in [-0.3, -0.25) is 19.9 Å². The average Bonchev–Trinajstić information content (AvgIpc) is 1.75. The fourth-order valence-corrected chi connectivity index (χ4v) is 9.86. The number of nitrogens with zero attached hydrogens (tertiary/aromatic N) is 14. The number of benzene rings is 4. The molecule has 101 heavy (non-hydrogen) atoms. The molecule has 4 aromatic carbocycles. The number of hydrogen-bond acceptors (Lipinski definition) is 17. The number of thioether (sulfide) groups is 1. The van der Waals surface area contributed by atoms with Gasteiger partial charge in [-0.25, -0.2) is 31.3 Å². The van der Waals surface area contributed by atoms with E-state index < -0.39 is 78.2 Å². The van der Waals surface area contributed by atoms with Crippen LogP contribution in [-0.2, 0) is 4.74 Å². The van der Waals surface area contributed by atoms with Gasteiger partial charge in [0, 0.05) is 35.5 Å². The van der Waals surface area contributed by atoms with Crippen LogP contribution in [0.3, 0.4) is 0 Å². The first-order valence-corrected chi connectivity index (χ1v) is 29.0. The van der Waals surface area contributed by atoms with E-state index in [-0.39, 0.29) is 94.9 Å². The van der Waals surface area contributed by atoms with Crippen LogP contribution >= 0.6 is 23.4 Å². The third-order valence-electron chi connectivity index (χ3n) is 13.2. The molecule has 4 atom stereocenters. The van der Waals surface area contributed by atoms with Crippen molar-refractivity contribution < 1.29 is 102 Å². The second-order valence-corrected chi connectivity index (χ2v) is 21.3. The maximum absolute atomic E-state index is 15.0. The molecule has 0 aliphatic carbocycles. The van der Waals surface area contributed by atoms with Crippen LogP contribution in [0.5, 0.6) is 17.2 Å². The van der Waals surface area contributed by atoms with E-state index in [1.54, 1.807) is 0 Å². The summed E-state index contributed by atoms with van der Waals surface area (Å²) >= 11 is 5.75. The van der Waals surface area contributed by atoms with Crippen molar-refractivity contribution >= 4 is 23.4 Å². The van der Waals surface area contributed by atoms with E-state index in [0.717, 1.165) is 88.8 Å². The molecule has 0 aliphatic rings. The minimum Gasteiger partial charge on any atom is -0.444 e. The molecule has 12 aromatic rings. The average molecular weight is 1470 g/mol. The standard InChI is InChI=1S/C16H9F5N2OS.C16H12F4N4O2.C15H9ClF4N4O.C15H9F5N4O/c17-12-8-22-7-11(15-23-5-6-24-15)13(12)14(18)9-1-3-10(4-2-9)25-16(19,20)21;1-25-15(10-2-4-11(5-3-10)26-16(18,19)20)14-12(17)8-21-9-13(14)24-22-6-7-23-24;2*16-11-7-21-8-12(24-22-5-6-23-24)13(11)14(17)9-1-3-10(4-2-9)25-15(18,19)20/h1-8,14H;2-9,15H,1H3;2*1-8,14H. The van der Waals surface area contributed by atoms with Crippen molar-refractivity contribution in [2.75, 3.05) is 7.11 Å². The highest BCUT2D eigenvalue weighted by Crippen LogP contribution is 2.42. The highest BCUT2D eigenvalue weighted by molar-refractivity contribution is 8.00. The molecule has 0 amide bonds. The third kappa shape index (κ3) is 20.0. The van der Waals surface area contributed by atoms with Crippen molar-refractivity contribution in [2.45, 2.75) is 54.1 Å². The number of methoxy groups -OCH3 is 1. The van der Waals surface area contributed by atoms with Gasteiger partial charge >= 0.3 is 24.6 Å². The number of ether oxygens (including phenoxy) is 4. The van der Waals surface area contributed by atoms with E-state index in [0.29, 0.717) is 5.56 Å². The molecule has 0 N–H and O–H groups in total. The number of oxazole rings is 1. The Morgan fingerprint density at radius 2 is 0.762 bits per heavy atom. The molecule has 8 heterocycles. The largest absolute Gasteiger partial charge is 0.573 e. The van der Waals surface area contributed by atoms with Crippen LogP contribution in [-0.4, -0.2) is 102 Å². The minimum atomic E-state index is -4.85. The van der Waals surface area contributed by atoms with Crippen LogP contribution in [0.4, 0.5) is 79.0 Å². The maximum atomic E-state index is 15.0. The van der Waals surface area contributed by atoms with Gasteiger partial charge in [-0.2, -0.15) is 43.8 Å². The lowest BCUT2D eigenvalue weighted by molar-refractivity contribution is -0.275. The Morgan fingerprint density at radius 1 is 0.416 bits per heavy atom. The molecule has 12 rings (SSSR count). The summed E-state index contributed by atoms with van der Waals surface area (Å²) in [6, 6.07) is 18.0. The van der Waals surface area contributed by atoms with Crippen LogP contribution in [0.1, 0.15) is 69.1 Å². The molecule has 0 aliphatic heterocycles. The van der Waals surface area contributed by atoms with Crippen LogP contribution in [0, 0.1) is 17.5 Å². The van der Waals surface area contributed by atoms with Gasteiger partial charge in [-0.05, 0) is 82.5 Å². The summed E-state index contributed by atoms with van der Waals surface area (Å²) < 4.78 is 256. The smallest absolute Gasteiger partial charge is 0.444 e. The topological polar surface area (TPSA) is 207 Å². The van der Waals surface area contributed by atoms with Crippen molar-refractivity contribution in [2.24, 2.45) is 0 Å². The second kappa shape index (κ2) is 32.2. The molecule has 0 saturated carbocycles. The predicted octanol–water partition coefficient (Wildman–Crippen LogP) is 17.0. The van der Waals surface area contributed by atoms with Crippen molar-refractivity contribution in [1.29, 1.82) is 0 Å². The Kier molecular flexibility index (Phi) is 23.6. The molecule has 0 radical (unpaired) electrons. The summed E-state index contributed by atoms with van der Waals surface area (Å²) in [6.07, 6.45) is -1.08. The quantitative estimate of drug-likeness (QED) is 0.0613. The lowest BCUT2D eigenvalue weighted by Crippen LogP contribution is -2.17. The molecule has 0 fully saturated rings. The minimum absolute atomic E-state index is 0.00410.